The number of hydrogen-bond acceptors (Lipinski definition) is 3. The van der Waals surface area contributed by atoms with Gasteiger partial charge >= 0.3 is 0 Å². The zero-order valence-electron chi connectivity index (χ0n) is 15.7. The molecule has 4 heteroatoms. The van der Waals surface area contributed by atoms with Gasteiger partial charge in [0.1, 0.15) is 0 Å². The molecule has 1 aromatic carbocycles. The van der Waals surface area contributed by atoms with Gasteiger partial charge in [-0.25, -0.2) is 0 Å². The summed E-state index contributed by atoms with van der Waals surface area (Å²) in [6, 6.07) is 9.23. The second-order valence-corrected chi connectivity index (χ2v) is 7.00. The maximum absolute atomic E-state index is 12.4. The van der Waals surface area contributed by atoms with Crippen LogP contribution in [0, 0.1) is 0 Å². The molecule has 1 aliphatic rings. The van der Waals surface area contributed by atoms with Gasteiger partial charge in [-0.15, -0.1) is 0 Å². The zero-order chi connectivity index (χ0) is 17.5. The Kier molecular flexibility index (Phi) is 7.10. The molecule has 134 valence electrons. The monoisotopic (exact) mass is 331 g/mol. The van der Waals surface area contributed by atoms with Crippen molar-refractivity contribution in [2.75, 3.05) is 29.9 Å². The smallest absolute Gasteiger partial charge is 0.238 e. The van der Waals surface area contributed by atoms with Gasteiger partial charge in [0, 0.05) is 30.0 Å². The van der Waals surface area contributed by atoms with E-state index in [0.717, 1.165) is 25.2 Å². The van der Waals surface area contributed by atoms with Crippen molar-refractivity contribution in [3.8, 4) is 0 Å². The maximum atomic E-state index is 12.4. The Hall–Kier alpha value is -1.55. The van der Waals surface area contributed by atoms with E-state index in [2.05, 4.69) is 54.9 Å². The van der Waals surface area contributed by atoms with Crippen LogP contribution in [0.25, 0.3) is 0 Å². The van der Waals surface area contributed by atoms with Crippen molar-refractivity contribution in [1.82, 2.24) is 4.90 Å². The summed E-state index contributed by atoms with van der Waals surface area (Å²) >= 11 is 0. The Morgan fingerprint density at radius 3 is 2.54 bits per heavy atom. The predicted octanol–water partition coefficient (Wildman–Crippen LogP) is 4.12. The third-order valence-electron chi connectivity index (χ3n) is 5.01. The molecule has 0 unspecified atom stereocenters. The predicted molar refractivity (Wildman–Crippen MR) is 103 cm³/mol. The topological polar surface area (TPSA) is 35.6 Å². The summed E-state index contributed by atoms with van der Waals surface area (Å²) in [5, 5.41) is 3.05. The summed E-state index contributed by atoms with van der Waals surface area (Å²) < 4.78 is 0. The lowest BCUT2D eigenvalue weighted by Crippen LogP contribution is -2.43. The summed E-state index contributed by atoms with van der Waals surface area (Å²) in [5.74, 6) is 0.0966. The van der Waals surface area contributed by atoms with Gasteiger partial charge in [0.25, 0.3) is 0 Å². The Labute approximate surface area is 147 Å². The molecule has 1 saturated heterocycles. The number of carbonyl (C=O) groups is 1. The third kappa shape index (κ3) is 4.97. The molecule has 1 amide bonds. The number of amides is 1. The van der Waals surface area contributed by atoms with Gasteiger partial charge in [0.05, 0.1) is 6.54 Å². The fraction of sp³-hybridized carbons (Fsp3) is 0.650. The van der Waals surface area contributed by atoms with Crippen molar-refractivity contribution >= 4 is 17.3 Å². The SMILES string of the molecule is CC[C@@H]1CCCCN1CC(=O)Nc1ccc(N(CC)C(C)C)cc1. The molecule has 1 heterocycles. The van der Waals surface area contributed by atoms with Crippen molar-refractivity contribution in [3.05, 3.63) is 24.3 Å². The van der Waals surface area contributed by atoms with Gasteiger partial charge < -0.3 is 10.2 Å². The second-order valence-electron chi connectivity index (χ2n) is 7.00. The quantitative estimate of drug-likeness (QED) is 0.816. The number of benzene rings is 1. The summed E-state index contributed by atoms with van der Waals surface area (Å²) in [4.78, 5) is 17.0. The highest BCUT2D eigenvalue weighted by Crippen LogP contribution is 2.21. The van der Waals surface area contributed by atoms with Gasteiger partial charge in [-0.1, -0.05) is 13.3 Å². The molecule has 0 saturated carbocycles. The van der Waals surface area contributed by atoms with Crippen molar-refractivity contribution < 1.29 is 4.79 Å². The third-order valence-corrected chi connectivity index (χ3v) is 5.01. The average molecular weight is 332 g/mol. The molecule has 4 nitrogen and oxygen atoms in total. The number of rotatable bonds is 7. The molecule has 1 aliphatic heterocycles. The number of nitrogens with zero attached hydrogens (tertiary/aromatic N) is 2. The van der Waals surface area contributed by atoms with E-state index >= 15 is 0 Å². The highest BCUT2D eigenvalue weighted by molar-refractivity contribution is 5.92. The number of hydrogen-bond donors (Lipinski definition) is 1. The van der Waals surface area contributed by atoms with Gasteiger partial charge in [-0.05, 0) is 70.8 Å². The lowest BCUT2D eigenvalue weighted by molar-refractivity contribution is -0.118. The molecular formula is C20H33N3O. The van der Waals surface area contributed by atoms with E-state index in [1.54, 1.807) is 0 Å². The summed E-state index contributed by atoms with van der Waals surface area (Å²) in [5.41, 5.74) is 2.08. The van der Waals surface area contributed by atoms with E-state index in [0.29, 0.717) is 18.6 Å². The van der Waals surface area contributed by atoms with Crippen molar-refractivity contribution in [2.45, 2.75) is 65.5 Å². The molecule has 1 fully saturated rings. The van der Waals surface area contributed by atoms with Crippen LogP contribution in [0.2, 0.25) is 0 Å². The Balaban J connectivity index is 1.92. The fourth-order valence-electron chi connectivity index (χ4n) is 3.70. The van der Waals surface area contributed by atoms with Gasteiger partial charge in [-0.3, -0.25) is 9.69 Å². The molecule has 0 bridgehead atoms. The summed E-state index contributed by atoms with van der Waals surface area (Å²) in [6.07, 6.45) is 4.85. The van der Waals surface area contributed by atoms with Crippen LogP contribution in [0.5, 0.6) is 0 Å². The van der Waals surface area contributed by atoms with Crippen LogP contribution < -0.4 is 10.2 Å². The van der Waals surface area contributed by atoms with E-state index in [4.69, 9.17) is 0 Å². The van der Waals surface area contributed by atoms with Crippen LogP contribution in [0.1, 0.15) is 53.4 Å². The minimum atomic E-state index is 0.0966. The average Bonchev–Trinajstić information content (AvgIpc) is 2.57. The van der Waals surface area contributed by atoms with E-state index in [-0.39, 0.29) is 5.91 Å². The van der Waals surface area contributed by atoms with Gasteiger partial charge in [0.15, 0.2) is 0 Å². The summed E-state index contributed by atoms with van der Waals surface area (Å²) in [6.45, 7) is 11.3. The molecule has 0 aliphatic carbocycles. The van der Waals surface area contributed by atoms with Crippen LogP contribution in [0.3, 0.4) is 0 Å². The second kappa shape index (κ2) is 9.07. The van der Waals surface area contributed by atoms with Gasteiger partial charge in [0.2, 0.25) is 5.91 Å². The van der Waals surface area contributed by atoms with Crippen LogP contribution in [0.4, 0.5) is 11.4 Å². The minimum Gasteiger partial charge on any atom is -0.369 e. The molecule has 2 rings (SSSR count). The Morgan fingerprint density at radius 2 is 1.96 bits per heavy atom. The van der Waals surface area contributed by atoms with Crippen LogP contribution in [-0.4, -0.2) is 42.5 Å². The van der Waals surface area contributed by atoms with E-state index < -0.39 is 0 Å². The first kappa shape index (κ1) is 18.8. The van der Waals surface area contributed by atoms with Gasteiger partial charge in [-0.2, -0.15) is 0 Å². The highest BCUT2D eigenvalue weighted by Gasteiger charge is 2.22. The van der Waals surface area contributed by atoms with Crippen LogP contribution >= 0.6 is 0 Å². The van der Waals surface area contributed by atoms with E-state index in [1.807, 2.05) is 12.1 Å². The van der Waals surface area contributed by atoms with Crippen molar-refractivity contribution in [3.63, 3.8) is 0 Å². The van der Waals surface area contributed by atoms with Crippen LogP contribution in [-0.2, 0) is 4.79 Å². The highest BCUT2D eigenvalue weighted by atomic mass is 16.2. The normalized spacial score (nSPS) is 18.6. The largest absolute Gasteiger partial charge is 0.369 e. The number of anilines is 2. The number of piperidine rings is 1. The lowest BCUT2D eigenvalue weighted by atomic mass is 10.00. The Morgan fingerprint density at radius 1 is 1.25 bits per heavy atom. The first-order valence-electron chi connectivity index (χ1n) is 9.45. The molecule has 1 aromatic rings. The molecular weight excluding hydrogens is 298 g/mol. The first-order valence-corrected chi connectivity index (χ1v) is 9.45. The molecule has 1 N–H and O–H groups in total. The summed E-state index contributed by atoms with van der Waals surface area (Å²) in [7, 11) is 0. The molecule has 0 radical (unpaired) electrons. The van der Waals surface area contributed by atoms with Crippen molar-refractivity contribution in [2.24, 2.45) is 0 Å². The molecule has 24 heavy (non-hydrogen) atoms. The minimum absolute atomic E-state index is 0.0966. The van der Waals surface area contributed by atoms with E-state index in [1.165, 1.54) is 24.9 Å². The zero-order valence-corrected chi connectivity index (χ0v) is 15.7. The van der Waals surface area contributed by atoms with E-state index in [9.17, 15) is 4.79 Å². The van der Waals surface area contributed by atoms with Crippen LogP contribution in [0.15, 0.2) is 24.3 Å². The fourth-order valence-corrected chi connectivity index (χ4v) is 3.70. The maximum Gasteiger partial charge on any atom is 0.238 e. The Bertz CT molecular complexity index is 512. The van der Waals surface area contributed by atoms with Crippen molar-refractivity contribution in [1.29, 1.82) is 0 Å². The lowest BCUT2D eigenvalue weighted by Gasteiger charge is -2.34. The molecule has 0 aromatic heterocycles. The number of nitrogens with one attached hydrogen (secondary N) is 1. The number of carbonyl (C=O) groups excluding carboxylic acids is 1. The standard InChI is InChI=1S/C20H33N3O/c1-5-18-9-7-8-14-22(18)15-20(24)21-17-10-12-19(13-11-17)23(6-2)16(3)4/h10-13,16,18H,5-9,14-15H2,1-4H3,(H,21,24)/t18-/m1/s1. The molecule has 0 spiro atoms. The molecule has 1 atom stereocenters. The first-order chi connectivity index (χ1) is 11.5. The number of likely N-dealkylation sites (tertiary alicyclic amines) is 1.